The van der Waals surface area contributed by atoms with E-state index in [9.17, 15) is 12.8 Å². The summed E-state index contributed by atoms with van der Waals surface area (Å²) in [5.41, 5.74) is 6.86. The van der Waals surface area contributed by atoms with Gasteiger partial charge in [0.05, 0.1) is 28.0 Å². The van der Waals surface area contributed by atoms with E-state index in [2.05, 4.69) is 0 Å². The van der Waals surface area contributed by atoms with Crippen LogP contribution in [-0.2, 0) is 15.6 Å². The van der Waals surface area contributed by atoms with Crippen LogP contribution in [0.5, 0.6) is 0 Å². The predicted octanol–water partition coefficient (Wildman–Crippen LogP) is 2.56. The van der Waals surface area contributed by atoms with Gasteiger partial charge in [-0.25, -0.2) is 12.8 Å². The van der Waals surface area contributed by atoms with Crippen molar-refractivity contribution >= 4 is 15.5 Å². The number of nitrogens with zero attached hydrogens (tertiary/aromatic N) is 1. The third-order valence-electron chi connectivity index (χ3n) is 3.02. The van der Waals surface area contributed by atoms with E-state index in [4.69, 9.17) is 11.0 Å². The highest BCUT2D eigenvalue weighted by molar-refractivity contribution is 7.90. The molecule has 0 unspecified atom stereocenters. The van der Waals surface area contributed by atoms with Crippen molar-refractivity contribution in [1.82, 2.24) is 0 Å². The Morgan fingerprint density at radius 3 is 2.57 bits per heavy atom. The molecule has 0 aliphatic carbocycles. The van der Waals surface area contributed by atoms with Crippen molar-refractivity contribution in [3.05, 3.63) is 58.9 Å². The van der Waals surface area contributed by atoms with Gasteiger partial charge in [-0.1, -0.05) is 6.07 Å². The Morgan fingerprint density at radius 1 is 1.24 bits per heavy atom. The fraction of sp³-hybridized carbons (Fsp3) is 0.133. The molecule has 0 aromatic heterocycles. The summed E-state index contributed by atoms with van der Waals surface area (Å²) in [4.78, 5) is -0.0325. The average Bonchev–Trinajstić information content (AvgIpc) is 2.40. The molecule has 0 saturated carbocycles. The van der Waals surface area contributed by atoms with Crippen LogP contribution in [0.1, 0.15) is 16.7 Å². The first-order valence-corrected chi connectivity index (χ1v) is 7.76. The lowest BCUT2D eigenvalue weighted by Gasteiger charge is -2.09. The van der Waals surface area contributed by atoms with Gasteiger partial charge in [0.1, 0.15) is 5.82 Å². The van der Waals surface area contributed by atoms with Gasteiger partial charge in [0.2, 0.25) is 0 Å². The van der Waals surface area contributed by atoms with Crippen molar-refractivity contribution in [3.8, 4) is 6.07 Å². The minimum absolute atomic E-state index is 0.0325. The molecule has 2 rings (SSSR count). The first-order chi connectivity index (χ1) is 9.83. The second kappa shape index (κ2) is 5.54. The number of nitrogen functional groups attached to an aromatic ring is 1. The minimum Gasteiger partial charge on any atom is -0.398 e. The number of anilines is 1. The minimum atomic E-state index is -3.78. The number of sulfone groups is 1. The molecule has 0 heterocycles. The fourth-order valence-corrected chi connectivity index (χ4v) is 3.47. The molecule has 6 heteroatoms. The molecule has 108 valence electrons. The summed E-state index contributed by atoms with van der Waals surface area (Å²) >= 11 is 0. The summed E-state index contributed by atoms with van der Waals surface area (Å²) in [6.45, 7) is 1.79. The van der Waals surface area contributed by atoms with E-state index in [-0.39, 0.29) is 21.7 Å². The lowest BCUT2D eigenvalue weighted by Crippen LogP contribution is -2.09. The Bertz CT molecular complexity index is 839. The molecule has 0 radical (unpaired) electrons. The molecule has 4 nitrogen and oxygen atoms in total. The zero-order chi connectivity index (χ0) is 15.6. The van der Waals surface area contributed by atoms with Crippen LogP contribution in [0, 0.1) is 24.1 Å². The molecule has 21 heavy (non-hydrogen) atoms. The Balaban J connectivity index is 2.45. The molecular weight excluding hydrogens is 291 g/mol. The molecule has 0 fully saturated rings. The second-order valence-electron chi connectivity index (χ2n) is 4.72. The van der Waals surface area contributed by atoms with Crippen LogP contribution in [0.4, 0.5) is 10.1 Å². The van der Waals surface area contributed by atoms with E-state index < -0.39 is 21.4 Å². The van der Waals surface area contributed by atoms with Gasteiger partial charge in [0.15, 0.2) is 9.84 Å². The van der Waals surface area contributed by atoms with E-state index in [0.29, 0.717) is 0 Å². The average molecular weight is 304 g/mol. The van der Waals surface area contributed by atoms with Crippen molar-refractivity contribution < 1.29 is 12.8 Å². The number of aryl methyl sites for hydroxylation is 1. The van der Waals surface area contributed by atoms with E-state index in [1.165, 1.54) is 18.2 Å². The van der Waals surface area contributed by atoms with E-state index in [1.54, 1.807) is 19.1 Å². The van der Waals surface area contributed by atoms with Gasteiger partial charge in [-0.15, -0.1) is 0 Å². The number of benzene rings is 2. The highest BCUT2D eigenvalue weighted by Gasteiger charge is 2.20. The van der Waals surface area contributed by atoms with Gasteiger partial charge in [-0.3, -0.25) is 0 Å². The van der Waals surface area contributed by atoms with Crippen molar-refractivity contribution in [3.63, 3.8) is 0 Å². The molecule has 2 aromatic rings. The molecular formula is C15H13FN2O2S. The molecule has 0 spiro atoms. The van der Waals surface area contributed by atoms with E-state index >= 15 is 0 Å². The third-order valence-corrected chi connectivity index (χ3v) is 4.75. The standard InChI is InChI=1S/C15H13FN2O2S/c1-10-2-5-15(14(18)6-10)21(19,20)9-12-7-11(8-17)3-4-13(12)16/h2-7H,9,18H2,1H3. The lowest BCUT2D eigenvalue weighted by atomic mass is 10.1. The number of halogens is 1. The third kappa shape index (κ3) is 3.20. The van der Waals surface area contributed by atoms with Crippen LogP contribution in [-0.4, -0.2) is 8.42 Å². The molecule has 0 bridgehead atoms. The van der Waals surface area contributed by atoms with Crippen molar-refractivity contribution in [2.75, 3.05) is 5.73 Å². The topological polar surface area (TPSA) is 84.0 Å². The van der Waals surface area contributed by atoms with Gasteiger partial charge in [0.25, 0.3) is 0 Å². The van der Waals surface area contributed by atoms with Crippen LogP contribution >= 0.6 is 0 Å². The summed E-state index contributed by atoms with van der Waals surface area (Å²) in [5.74, 6) is -1.20. The molecule has 0 amide bonds. The highest BCUT2D eigenvalue weighted by atomic mass is 32.2. The second-order valence-corrected chi connectivity index (χ2v) is 6.68. The van der Waals surface area contributed by atoms with Gasteiger partial charge in [-0.2, -0.15) is 5.26 Å². The SMILES string of the molecule is Cc1ccc(S(=O)(=O)Cc2cc(C#N)ccc2F)c(N)c1. The molecule has 2 N–H and O–H groups in total. The molecule has 2 aromatic carbocycles. The highest BCUT2D eigenvalue weighted by Crippen LogP contribution is 2.24. The monoisotopic (exact) mass is 304 g/mol. The first kappa shape index (κ1) is 15.0. The summed E-state index contributed by atoms with van der Waals surface area (Å²) in [7, 11) is -3.78. The number of hydrogen-bond acceptors (Lipinski definition) is 4. The smallest absolute Gasteiger partial charge is 0.184 e. The van der Waals surface area contributed by atoms with Crippen molar-refractivity contribution in [2.24, 2.45) is 0 Å². The summed E-state index contributed by atoms with van der Waals surface area (Å²) < 4.78 is 38.4. The largest absolute Gasteiger partial charge is 0.398 e. The molecule has 0 aliphatic rings. The van der Waals surface area contributed by atoms with Gasteiger partial charge < -0.3 is 5.73 Å². The Hall–Kier alpha value is -2.39. The van der Waals surface area contributed by atoms with E-state index in [0.717, 1.165) is 11.6 Å². The number of hydrogen-bond donors (Lipinski definition) is 1. The zero-order valence-electron chi connectivity index (χ0n) is 11.3. The number of nitrogens with two attached hydrogens (primary N) is 1. The van der Waals surface area contributed by atoms with Gasteiger partial charge >= 0.3 is 0 Å². The summed E-state index contributed by atoms with van der Waals surface area (Å²) in [6, 6.07) is 10.1. The Labute approximate surface area is 122 Å². The maximum absolute atomic E-state index is 13.7. The molecule has 0 aliphatic heterocycles. The number of rotatable bonds is 3. The number of nitriles is 1. The normalized spacial score (nSPS) is 11.1. The van der Waals surface area contributed by atoms with Crippen LogP contribution < -0.4 is 5.73 Å². The quantitative estimate of drug-likeness (QED) is 0.883. The Morgan fingerprint density at radius 2 is 1.95 bits per heavy atom. The lowest BCUT2D eigenvalue weighted by molar-refractivity contribution is 0.587. The predicted molar refractivity (Wildman–Crippen MR) is 77.6 cm³/mol. The summed E-state index contributed by atoms with van der Waals surface area (Å²) in [5, 5.41) is 8.80. The Kier molecular flexibility index (Phi) is 3.96. The van der Waals surface area contributed by atoms with Crippen LogP contribution in [0.2, 0.25) is 0 Å². The molecule has 0 atom stereocenters. The fourth-order valence-electron chi connectivity index (χ4n) is 1.99. The maximum atomic E-state index is 13.7. The van der Waals surface area contributed by atoms with Crippen LogP contribution in [0.25, 0.3) is 0 Å². The van der Waals surface area contributed by atoms with Crippen molar-refractivity contribution in [1.29, 1.82) is 5.26 Å². The van der Waals surface area contributed by atoms with Gasteiger partial charge in [0, 0.05) is 5.56 Å². The first-order valence-electron chi connectivity index (χ1n) is 6.11. The van der Waals surface area contributed by atoms with Gasteiger partial charge in [-0.05, 0) is 42.8 Å². The zero-order valence-corrected chi connectivity index (χ0v) is 12.1. The van der Waals surface area contributed by atoms with Crippen LogP contribution in [0.3, 0.4) is 0 Å². The maximum Gasteiger partial charge on any atom is 0.184 e. The van der Waals surface area contributed by atoms with Crippen molar-refractivity contribution in [2.45, 2.75) is 17.6 Å². The summed E-state index contributed by atoms with van der Waals surface area (Å²) in [6.07, 6.45) is 0. The molecule has 0 saturated heterocycles. The van der Waals surface area contributed by atoms with Crippen LogP contribution in [0.15, 0.2) is 41.3 Å². The van der Waals surface area contributed by atoms with E-state index in [1.807, 2.05) is 6.07 Å².